The third kappa shape index (κ3) is 2.64. The fourth-order valence-corrected chi connectivity index (χ4v) is 2.10. The lowest BCUT2D eigenvalue weighted by Crippen LogP contribution is -2.26. The number of nitrogens with one attached hydrogen (secondary N) is 1. The van der Waals surface area contributed by atoms with Crippen LogP contribution in [-0.2, 0) is 0 Å². The zero-order valence-electron chi connectivity index (χ0n) is 10.9. The minimum Gasteiger partial charge on any atom is -0.486 e. The van der Waals surface area contributed by atoms with Gasteiger partial charge in [0.2, 0.25) is 0 Å². The number of carbonyl (C=O) groups is 1. The fourth-order valence-electron chi connectivity index (χ4n) is 2.10. The molecule has 0 aromatic heterocycles. The molecule has 1 aliphatic rings. The molecule has 18 heavy (non-hydrogen) atoms. The second kappa shape index (κ2) is 5.87. The number of benzene rings is 1. The molecule has 1 aliphatic heterocycles. The van der Waals surface area contributed by atoms with Crippen LogP contribution in [0.25, 0.3) is 0 Å². The van der Waals surface area contributed by atoms with Crippen LogP contribution in [0.3, 0.4) is 0 Å². The van der Waals surface area contributed by atoms with Gasteiger partial charge in [0.05, 0.1) is 0 Å². The number of hydrogen-bond donors (Lipinski definition) is 1. The number of fused-ring (bicyclic) bond motifs is 1. The van der Waals surface area contributed by atoms with Crippen molar-refractivity contribution in [3.63, 3.8) is 0 Å². The van der Waals surface area contributed by atoms with E-state index in [-0.39, 0.29) is 11.7 Å². The molecule has 0 fully saturated rings. The predicted octanol–water partition coefficient (Wildman–Crippen LogP) is 1.89. The first-order valence-corrected chi connectivity index (χ1v) is 6.34. The van der Waals surface area contributed by atoms with Crippen LogP contribution in [0.2, 0.25) is 0 Å². The molecule has 0 radical (unpaired) electrons. The van der Waals surface area contributed by atoms with E-state index in [0.717, 1.165) is 12.2 Å². The van der Waals surface area contributed by atoms with Gasteiger partial charge in [-0.25, -0.2) is 0 Å². The van der Waals surface area contributed by atoms with Crippen molar-refractivity contribution in [1.29, 1.82) is 0 Å². The van der Waals surface area contributed by atoms with E-state index in [1.807, 2.05) is 26.1 Å². The number of ketones is 1. The van der Waals surface area contributed by atoms with E-state index in [0.29, 0.717) is 31.1 Å². The van der Waals surface area contributed by atoms with Gasteiger partial charge in [-0.3, -0.25) is 4.79 Å². The lowest BCUT2D eigenvalue weighted by molar-refractivity contribution is 0.0915. The molecule has 0 spiro atoms. The molecule has 0 saturated carbocycles. The summed E-state index contributed by atoms with van der Waals surface area (Å²) in [6, 6.07) is 5.41. The first-order valence-electron chi connectivity index (χ1n) is 6.34. The number of Topliss-reactive ketones (excluding diaryl/α,β-unsaturated/α-hetero) is 1. The highest BCUT2D eigenvalue weighted by atomic mass is 16.6. The zero-order chi connectivity index (χ0) is 13.0. The Morgan fingerprint density at radius 2 is 2.06 bits per heavy atom. The average molecular weight is 249 g/mol. The van der Waals surface area contributed by atoms with E-state index in [9.17, 15) is 4.79 Å². The molecule has 1 aromatic rings. The first kappa shape index (κ1) is 12.9. The topological polar surface area (TPSA) is 47.6 Å². The summed E-state index contributed by atoms with van der Waals surface area (Å²) in [5.74, 6) is 1.56. The van der Waals surface area contributed by atoms with Gasteiger partial charge in [-0.05, 0) is 31.7 Å². The average Bonchev–Trinajstić information content (AvgIpc) is 2.43. The van der Waals surface area contributed by atoms with Gasteiger partial charge in [0.25, 0.3) is 0 Å². The maximum absolute atomic E-state index is 12.3. The summed E-state index contributed by atoms with van der Waals surface area (Å²) in [6.07, 6.45) is 0.827. The van der Waals surface area contributed by atoms with Crippen molar-refractivity contribution in [2.24, 2.45) is 5.92 Å². The van der Waals surface area contributed by atoms with Crippen molar-refractivity contribution < 1.29 is 14.3 Å². The molecule has 1 atom stereocenters. The Hall–Kier alpha value is -1.55. The summed E-state index contributed by atoms with van der Waals surface area (Å²) in [6.45, 7) is 3.83. The van der Waals surface area contributed by atoms with E-state index >= 15 is 0 Å². The fraction of sp³-hybridized carbons (Fsp3) is 0.500. The van der Waals surface area contributed by atoms with Crippen molar-refractivity contribution in [2.75, 3.05) is 26.8 Å². The molecule has 4 nitrogen and oxygen atoms in total. The summed E-state index contributed by atoms with van der Waals surface area (Å²) in [7, 11) is 1.86. The monoisotopic (exact) mass is 249 g/mol. The molecule has 0 aliphatic carbocycles. The molecule has 1 aromatic carbocycles. The highest BCUT2D eigenvalue weighted by Crippen LogP contribution is 2.31. The Morgan fingerprint density at radius 3 is 2.72 bits per heavy atom. The second-order valence-corrected chi connectivity index (χ2v) is 4.39. The summed E-state index contributed by atoms with van der Waals surface area (Å²) in [5.41, 5.74) is 0.696. The summed E-state index contributed by atoms with van der Waals surface area (Å²) < 4.78 is 10.9. The maximum atomic E-state index is 12.3. The van der Waals surface area contributed by atoms with Crippen molar-refractivity contribution in [2.45, 2.75) is 13.3 Å². The molecule has 1 unspecified atom stereocenters. The van der Waals surface area contributed by atoms with Crippen LogP contribution in [-0.4, -0.2) is 32.6 Å². The quantitative estimate of drug-likeness (QED) is 0.809. The van der Waals surface area contributed by atoms with Crippen LogP contribution in [0, 0.1) is 5.92 Å². The Labute approximate surface area is 107 Å². The molecule has 1 N–H and O–H groups in total. The highest BCUT2D eigenvalue weighted by molar-refractivity contribution is 5.98. The van der Waals surface area contributed by atoms with Crippen LogP contribution in [0.15, 0.2) is 18.2 Å². The van der Waals surface area contributed by atoms with Crippen molar-refractivity contribution in [1.82, 2.24) is 5.32 Å². The molecule has 1 heterocycles. The Kier molecular flexibility index (Phi) is 4.20. The van der Waals surface area contributed by atoms with Gasteiger partial charge >= 0.3 is 0 Å². The van der Waals surface area contributed by atoms with Gasteiger partial charge in [-0.15, -0.1) is 0 Å². The van der Waals surface area contributed by atoms with Gasteiger partial charge in [0.1, 0.15) is 13.2 Å². The minimum absolute atomic E-state index is 0.0116. The number of rotatable bonds is 5. The number of hydrogen-bond acceptors (Lipinski definition) is 4. The normalized spacial score (nSPS) is 15.2. The molecular weight excluding hydrogens is 230 g/mol. The van der Waals surface area contributed by atoms with Gasteiger partial charge in [-0.1, -0.05) is 6.92 Å². The van der Waals surface area contributed by atoms with Crippen LogP contribution < -0.4 is 14.8 Å². The van der Waals surface area contributed by atoms with Crippen LogP contribution in [0.4, 0.5) is 0 Å². The summed E-state index contributed by atoms with van der Waals surface area (Å²) in [5, 5.41) is 3.05. The lowest BCUT2D eigenvalue weighted by Gasteiger charge is -2.19. The molecular formula is C14H19NO3. The Bertz CT molecular complexity index is 431. The number of carbonyl (C=O) groups excluding carboxylic acids is 1. The van der Waals surface area contributed by atoms with Crippen LogP contribution in [0.5, 0.6) is 11.5 Å². The lowest BCUT2D eigenvalue weighted by atomic mass is 9.95. The summed E-state index contributed by atoms with van der Waals surface area (Å²) in [4.78, 5) is 12.3. The van der Waals surface area contributed by atoms with Crippen molar-refractivity contribution >= 4 is 5.78 Å². The largest absolute Gasteiger partial charge is 0.486 e. The molecule has 98 valence electrons. The standard InChI is InChI=1S/C14H19NO3/c1-3-10(9-15-2)14(16)11-4-5-12-13(8-11)18-7-6-17-12/h4-5,8,10,15H,3,6-7,9H2,1-2H3. The third-order valence-corrected chi connectivity index (χ3v) is 3.14. The molecule has 0 amide bonds. The smallest absolute Gasteiger partial charge is 0.167 e. The molecule has 4 heteroatoms. The van der Waals surface area contributed by atoms with Crippen LogP contribution >= 0.6 is 0 Å². The van der Waals surface area contributed by atoms with Gasteiger partial charge in [0.15, 0.2) is 17.3 Å². The molecule has 0 saturated heterocycles. The van der Waals surface area contributed by atoms with Crippen molar-refractivity contribution in [3.05, 3.63) is 23.8 Å². The molecule has 2 rings (SSSR count). The summed E-state index contributed by atoms with van der Waals surface area (Å²) >= 11 is 0. The van der Waals surface area contributed by atoms with E-state index in [1.54, 1.807) is 6.07 Å². The minimum atomic E-state index is 0.0116. The Morgan fingerprint density at radius 1 is 1.33 bits per heavy atom. The number of ether oxygens (including phenoxy) is 2. The van der Waals surface area contributed by atoms with Gasteiger partial charge < -0.3 is 14.8 Å². The maximum Gasteiger partial charge on any atom is 0.167 e. The van der Waals surface area contributed by atoms with E-state index in [1.165, 1.54) is 0 Å². The third-order valence-electron chi connectivity index (χ3n) is 3.14. The van der Waals surface area contributed by atoms with Crippen LogP contribution in [0.1, 0.15) is 23.7 Å². The van der Waals surface area contributed by atoms with E-state index in [4.69, 9.17) is 9.47 Å². The first-order chi connectivity index (χ1) is 8.76. The van der Waals surface area contributed by atoms with Gasteiger partial charge in [-0.2, -0.15) is 0 Å². The van der Waals surface area contributed by atoms with Gasteiger partial charge in [0, 0.05) is 18.0 Å². The second-order valence-electron chi connectivity index (χ2n) is 4.39. The molecule has 0 bridgehead atoms. The zero-order valence-corrected chi connectivity index (χ0v) is 10.9. The van der Waals surface area contributed by atoms with E-state index < -0.39 is 0 Å². The predicted molar refractivity (Wildman–Crippen MR) is 69.5 cm³/mol. The highest BCUT2D eigenvalue weighted by Gasteiger charge is 2.20. The Balaban J connectivity index is 2.19. The SMILES string of the molecule is CCC(CNC)C(=O)c1ccc2c(c1)OCCO2. The van der Waals surface area contributed by atoms with E-state index in [2.05, 4.69) is 5.32 Å². The van der Waals surface area contributed by atoms with Crippen molar-refractivity contribution in [3.8, 4) is 11.5 Å².